The van der Waals surface area contributed by atoms with Gasteiger partial charge in [-0.2, -0.15) is 0 Å². The molecule has 3 unspecified atom stereocenters. The van der Waals surface area contributed by atoms with Gasteiger partial charge in [0.25, 0.3) is 0 Å². The van der Waals surface area contributed by atoms with E-state index in [9.17, 15) is 0 Å². The van der Waals surface area contributed by atoms with E-state index in [-0.39, 0.29) is 22.7 Å². The molecule has 1 fully saturated rings. The first-order valence-electron chi connectivity index (χ1n) is 8.39. The molecule has 0 saturated carbocycles. The molecule has 2 nitrogen and oxygen atoms in total. The van der Waals surface area contributed by atoms with Crippen molar-refractivity contribution in [2.75, 3.05) is 6.61 Å². The topological polar surface area (TPSA) is 18.5 Å². The molecule has 3 rings (SSSR count). The summed E-state index contributed by atoms with van der Waals surface area (Å²) in [5.41, 5.74) is 3.66. The molecule has 1 heterocycles. The molecule has 0 spiro atoms. The van der Waals surface area contributed by atoms with Gasteiger partial charge < -0.3 is 9.47 Å². The summed E-state index contributed by atoms with van der Waals surface area (Å²) in [5.74, 6) is 0.0852. The van der Waals surface area contributed by atoms with Crippen molar-refractivity contribution >= 4 is 0 Å². The molecule has 2 aliphatic carbocycles. The molecular formula is C19H30O2. The average Bonchev–Trinajstić information content (AvgIpc) is 2.76. The van der Waals surface area contributed by atoms with Crippen molar-refractivity contribution in [3.63, 3.8) is 0 Å². The highest BCUT2D eigenvalue weighted by Gasteiger charge is 2.47. The zero-order chi connectivity index (χ0) is 15.5. The minimum Gasteiger partial charge on any atom is -0.347 e. The summed E-state index contributed by atoms with van der Waals surface area (Å²) in [6, 6.07) is 0. The lowest BCUT2D eigenvalue weighted by Crippen LogP contribution is -2.41. The predicted octanol–water partition coefficient (Wildman–Crippen LogP) is 4.86. The third-order valence-electron chi connectivity index (χ3n) is 5.81. The lowest BCUT2D eigenvalue weighted by Gasteiger charge is -2.46. The zero-order valence-corrected chi connectivity index (χ0v) is 14.5. The summed E-state index contributed by atoms with van der Waals surface area (Å²) < 4.78 is 12.2. The van der Waals surface area contributed by atoms with E-state index in [1.165, 1.54) is 12.8 Å². The Morgan fingerprint density at radius 2 is 1.62 bits per heavy atom. The molecule has 3 atom stereocenters. The Hall–Kier alpha value is -0.600. The first-order valence-corrected chi connectivity index (χ1v) is 8.39. The summed E-state index contributed by atoms with van der Waals surface area (Å²) in [6.07, 6.45) is 8.49. The summed E-state index contributed by atoms with van der Waals surface area (Å²) in [5, 5.41) is 0. The monoisotopic (exact) mass is 290 g/mol. The van der Waals surface area contributed by atoms with E-state index in [2.05, 4.69) is 53.7 Å². The second kappa shape index (κ2) is 4.70. The van der Waals surface area contributed by atoms with E-state index >= 15 is 0 Å². The number of ether oxygens (including phenoxy) is 2. The molecular weight excluding hydrogens is 260 g/mol. The van der Waals surface area contributed by atoms with E-state index in [4.69, 9.17) is 9.47 Å². The van der Waals surface area contributed by atoms with Gasteiger partial charge in [0.2, 0.25) is 0 Å². The van der Waals surface area contributed by atoms with Crippen LogP contribution in [-0.4, -0.2) is 18.5 Å². The number of allylic oxidation sites excluding steroid dienone is 4. The Balaban J connectivity index is 1.90. The SMILES string of the molecule is CC1COC(C)(C2CCC3=C(C2)C(C)(C)C=CC3(C)C)O1. The quantitative estimate of drug-likeness (QED) is 0.642. The standard InChI is InChI=1S/C19H30O2/c1-13-12-20-19(6,21-13)14-7-8-15-16(11-14)18(4,5)10-9-17(15,2)3/h9-10,13-14H,7-8,11-12H2,1-6H3. The third kappa shape index (κ3) is 2.51. The largest absolute Gasteiger partial charge is 0.347 e. The summed E-state index contributed by atoms with van der Waals surface area (Å²) in [4.78, 5) is 0. The number of hydrogen-bond donors (Lipinski definition) is 0. The van der Waals surface area contributed by atoms with Crippen LogP contribution in [0.15, 0.2) is 23.3 Å². The van der Waals surface area contributed by atoms with Crippen LogP contribution in [0.25, 0.3) is 0 Å². The second-order valence-corrected chi connectivity index (χ2v) is 8.43. The molecule has 0 radical (unpaired) electrons. The van der Waals surface area contributed by atoms with Gasteiger partial charge in [-0.05, 0) is 33.1 Å². The van der Waals surface area contributed by atoms with Gasteiger partial charge in [0.15, 0.2) is 5.79 Å². The van der Waals surface area contributed by atoms with Crippen LogP contribution in [0.4, 0.5) is 0 Å². The maximum atomic E-state index is 6.13. The molecule has 0 N–H and O–H groups in total. The van der Waals surface area contributed by atoms with Crippen LogP contribution in [0.2, 0.25) is 0 Å². The lowest BCUT2D eigenvalue weighted by atomic mass is 9.61. The van der Waals surface area contributed by atoms with Gasteiger partial charge in [0.05, 0.1) is 12.7 Å². The maximum absolute atomic E-state index is 6.13. The number of hydrogen-bond acceptors (Lipinski definition) is 2. The Morgan fingerprint density at radius 3 is 2.19 bits per heavy atom. The van der Waals surface area contributed by atoms with Crippen molar-refractivity contribution in [3.05, 3.63) is 23.3 Å². The minimum atomic E-state index is -0.390. The molecule has 21 heavy (non-hydrogen) atoms. The lowest BCUT2D eigenvalue weighted by molar-refractivity contribution is -0.192. The first kappa shape index (κ1) is 15.3. The van der Waals surface area contributed by atoms with Crippen molar-refractivity contribution in [2.45, 2.75) is 72.7 Å². The van der Waals surface area contributed by atoms with Gasteiger partial charge in [0.1, 0.15) is 0 Å². The van der Waals surface area contributed by atoms with Crippen molar-refractivity contribution < 1.29 is 9.47 Å². The minimum absolute atomic E-state index is 0.171. The van der Waals surface area contributed by atoms with E-state index in [1.807, 2.05) is 0 Å². The van der Waals surface area contributed by atoms with Gasteiger partial charge in [-0.15, -0.1) is 0 Å². The highest BCUT2D eigenvalue weighted by Crippen LogP contribution is 2.53. The van der Waals surface area contributed by atoms with E-state index in [1.54, 1.807) is 11.1 Å². The van der Waals surface area contributed by atoms with Crippen molar-refractivity contribution in [3.8, 4) is 0 Å². The second-order valence-electron chi connectivity index (χ2n) is 8.43. The van der Waals surface area contributed by atoms with Crippen LogP contribution in [0.3, 0.4) is 0 Å². The fourth-order valence-electron chi connectivity index (χ4n) is 4.33. The molecule has 0 amide bonds. The molecule has 1 aliphatic heterocycles. The summed E-state index contributed by atoms with van der Waals surface area (Å²) in [6.45, 7) is 14.4. The zero-order valence-electron chi connectivity index (χ0n) is 14.5. The van der Waals surface area contributed by atoms with E-state index in [0.717, 1.165) is 13.0 Å². The molecule has 118 valence electrons. The van der Waals surface area contributed by atoms with Crippen LogP contribution >= 0.6 is 0 Å². The fraction of sp³-hybridized carbons (Fsp3) is 0.789. The maximum Gasteiger partial charge on any atom is 0.169 e. The molecule has 0 bridgehead atoms. The predicted molar refractivity (Wildman–Crippen MR) is 86.0 cm³/mol. The van der Waals surface area contributed by atoms with Gasteiger partial charge in [-0.1, -0.05) is 51.0 Å². The van der Waals surface area contributed by atoms with Crippen molar-refractivity contribution in [1.82, 2.24) is 0 Å². The Kier molecular flexibility index (Phi) is 3.42. The van der Waals surface area contributed by atoms with E-state index < -0.39 is 0 Å². The van der Waals surface area contributed by atoms with Crippen LogP contribution in [0.5, 0.6) is 0 Å². The van der Waals surface area contributed by atoms with Gasteiger partial charge >= 0.3 is 0 Å². The van der Waals surface area contributed by atoms with Crippen molar-refractivity contribution in [1.29, 1.82) is 0 Å². The average molecular weight is 290 g/mol. The summed E-state index contributed by atoms with van der Waals surface area (Å²) >= 11 is 0. The van der Waals surface area contributed by atoms with Crippen LogP contribution in [0.1, 0.15) is 60.8 Å². The van der Waals surface area contributed by atoms with Crippen LogP contribution in [0, 0.1) is 16.7 Å². The van der Waals surface area contributed by atoms with Gasteiger partial charge in [-0.25, -0.2) is 0 Å². The Morgan fingerprint density at radius 1 is 1.00 bits per heavy atom. The van der Waals surface area contributed by atoms with Gasteiger partial charge in [-0.3, -0.25) is 0 Å². The number of rotatable bonds is 1. The molecule has 0 aromatic carbocycles. The first-order chi connectivity index (χ1) is 9.64. The molecule has 3 aliphatic rings. The van der Waals surface area contributed by atoms with Gasteiger partial charge in [0, 0.05) is 16.7 Å². The fourth-order valence-corrected chi connectivity index (χ4v) is 4.33. The molecule has 0 aromatic heterocycles. The van der Waals surface area contributed by atoms with Crippen LogP contribution in [-0.2, 0) is 9.47 Å². The smallest absolute Gasteiger partial charge is 0.169 e. The van der Waals surface area contributed by atoms with Crippen molar-refractivity contribution in [2.24, 2.45) is 16.7 Å². The highest BCUT2D eigenvalue weighted by atomic mass is 16.7. The summed E-state index contributed by atoms with van der Waals surface area (Å²) in [7, 11) is 0. The Bertz CT molecular complexity index is 498. The third-order valence-corrected chi connectivity index (χ3v) is 5.81. The molecule has 1 saturated heterocycles. The normalized spacial score (nSPS) is 41.2. The highest BCUT2D eigenvalue weighted by molar-refractivity contribution is 5.39. The molecule has 0 aromatic rings. The van der Waals surface area contributed by atoms with Crippen LogP contribution < -0.4 is 0 Å². The molecule has 2 heteroatoms. The Labute approximate surface area is 129 Å². The van der Waals surface area contributed by atoms with E-state index in [0.29, 0.717) is 5.92 Å².